The second-order valence-electron chi connectivity index (χ2n) is 3.94. The molecule has 1 rings (SSSR count). The van der Waals surface area contributed by atoms with Crippen LogP contribution in [0.15, 0.2) is 17.9 Å². The van der Waals surface area contributed by atoms with Crippen LogP contribution in [-0.2, 0) is 0 Å². The van der Waals surface area contributed by atoms with Gasteiger partial charge in [-0.05, 0) is 50.5 Å². The summed E-state index contributed by atoms with van der Waals surface area (Å²) in [6.45, 7) is 5.77. The lowest BCUT2D eigenvalue weighted by Crippen LogP contribution is -2.26. The Labute approximate surface area is 75.3 Å². The monoisotopic (exact) mass is 165 g/mol. The molecule has 0 aromatic rings. The maximum Gasteiger partial charge on any atom is 0.00390 e. The lowest BCUT2D eigenvalue weighted by Gasteiger charge is -2.25. The van der Waals surface area contributed by atoms with E-state index in [9.17, 15) is 0 Å². The van der Waals surface area contributed by atoms with Crippen molar-refractivity contribution in [3.05, 3.63) is 17.9 Å². The van der Waals surface area contributed by atoms with Gasteiger partial charge < -0.3 is 5.73 Å². The first-order valence-corrected chi connectivity index (χ1v) is 4.83. The van der Waals surface area contributed by atoms with E-state index in [1.807, 2.05) is 0 Å². The molecule has 68 valence electrons. The third-order valence-corrected chi connectivity index (χ3v) is 2.79. The van der Waals surface area contributed by atoms with Crippen molar-refractivity contribution in [1.82, 2.24) is 0 Å². The van der Waals surface area contributed by atoms with Crippen LogP contribution in [0.2, 0.25) is 0 Å². The average molecular weight is 165 g/mol. The Kier molecular flexibility index (Phi) is 3.58. The molecule has 2 N–H and O–H groups in total. The maximum atomic E-state index is 5.83. The molecule has 0 aromatic heterocycles. The van der Waals surface area contributed by atoms with Crippen LogP contribution in [-0.4, -0.2) is 6.04 Å². The highest BCUT2D eigenvalue weighted by Crippen LogP contribution is 2.27. The smallest absolute Gasteiger partial charge is 0.00390 e. The van der Waals surface area contributed by atoms with Crippen molar-refractivity contribution in [2.24, 2.45) is 11.7 Å². The Bertz CT molecular complexity index is 181. The Hall–Kier alpha value is -0.520. The predicted molar refractivity (Wildman–Crippen MR) is 52.9 cm³/mol. The Morgan fingerprint density at radius 1 is 1.42 bits per heavy atom. The molecule has 0 atom stereocenters. The number of allylic oxidation sites excluding steroid dienone is 1. The molecule has 0 radical (unpaired) electrons. The molecule has 0 bridgehead atoms. The summed E-state index contributed by atoms with van der Waals surface area (Å²) in [6.07, 6.45) is 6.17. The van der Waals surface area contributed by atoms with Crippen LogP contribution >= 0.6 is 0 Å². The highest BCUT2D eigenvalue weighted by Gasteiger charge is 2.18. The van der Waals surface area contributed by atoms with Gasteiger partial charge in [0, 0.05) is 6.04 Å². The normalized spacial score (nSPS) is 29.5. The van der Waals surface area contributed by atoms with Gasteiger partial charge in [-0.2, -0.15) is 0 Å². The molecule has 1 nitrogen and oxygen atoms in total. The molecule has 0 heterocycles. The van der Waals surface area contributed by atoms with Crippen LogP contribution < -0.4 is 5.73 Å². The van der Waals surface area contributed by atoms with Gasteiger partial charge in [-0.3, -0.25) is 0 Å². The van der Waals surface area contributed by atoms with Crippen molar-refractivity contribution >= 4 is 0 Å². The fourth-order valence-corrected chi connectivity index (χ4v) is 1.90. The fourth-order valence-electron chi connectivity index (χ4n) is 1.90. The highest BCUT2D eigenvalue weighted by atomic mass is 14.6. The van der Waals surface area contributed by atoms with E-state index in [0.717, 1.165) is 5.92 Å². The summed E-state index contributed by atoms with van der Waals surface area (Å²) in [6, 6.07) is 0.467. The van der Waals surface area contributed by atoms with Crippen LogP contribution in [0.25, 0.3) is 0 Å². The Morgan fingerprint density at radius 3 is 2.50 bits per heavy atom. The summed E-state index contributed by atoms with van der Waals surface area (Å²) in [4.78, 5) is 0. The molecule has 1 heteroatoms. The van der Waals surface area contributed by atoms with Crippen molar-refractivity contribution in [3.63, 3.8) is 0 Å². The van der Waals surface area contributed by atoms with E-state index in [4.69, 9.17) is 5.73 Å². The van der Waals surface area contributed by atoms with E-state index in [1.165, 1.54) is 37.7 Å². The zero-order valence-electron chi connectivity index (χ0n) is 7.97. The number of nitrogens with two attached hydrogens (primary N) is 1. The lowest BCUT2D eigenvalue weighted by atomic mass is 9.83. The van der Waals surface area contributed by atoms with Gasteiger partial charge in [0.05, 0.1) is 0 Å². The first-order valence-electron chi connectivity index (χ1n) is 4.83. The predicted octanol–water partition coefficient (Wildman–Crippen LogP) is 2.63. The van der Waals surface area contributed by atoms with Gasteiger partial charge in [0.25, 0.3) is 0 Å². The second-order valence-corrected chi connectivity index (χ2v) is 3.94. The van der Waals surface area contributed by atoms with E-state index >= 15 is 0 Å². The summed E-state index contributed by atoms with van der Waals surface area (Å²) in [5.74, 6) is 0.846. The van der Waals surface area contributed by atoms with Crippen molar-refractivity contribution in [2.45, 2.75) is 45.1 Å². The van der Waals surface area contributed by atoms with Crippen LogP contribution in [0.5, 0.6) is 0 Å². The van der Waals surface area contributed by atoms with E-state index in [2.05, 4.69) is 19.2 Å². The summed E-state index contributed by atoms with van der Waals surface area (Å²) in [5, 5.41) is 0. The van der Waals surface area contributed by atoms with Gasteiger partial charge in [0.15, 0.2) is 0 Å². The SMILES string of the molecule is C=C=C(C)CC1CCC(N)CC1. The van der Waals surface area contributed by atoms with Gasteiger partial charge >= 0.3 is 0 Å². The number of hydrogen-bond acceptors (Lipinski definition) is 1. The minimum Gasteiger partial charge on any atom is -0.328 e. The average Bonchev–Trinajstić information content (AvgIpc) is 2.09. The van der Waals surface area contributed by atoms with Crippen molar-refractivity contribution in [3.8, 4) is 0 Å². The minimum atomic E-state index is 0.467. The molecule has 0 saturated heterocycles. The Morgan fingerprint density at radius 2 is 2.00 bits per heavy atom. The van der Waals surface area contributed by atoms with Gasteiger partial charge in [-0.25, -0.2) is 0 Å². The third-order valence-electron chi connectivity index (χ3n) is 2.79. The quantitative estimate of drug-likeness (QED) is 0.625. The first kappa shape index (κ1) is 9.57. The molecule has 1 saturated carbocycles. The largest absolute Gasteiger partial charge is 0.328 e. The molecule has 0 aromatic carbocycles. The summed E-state index contributed by atoms with van der Waals surface area (Å²) < 4.78 is 0. The number of rotatable bonds is 2. The summed E-state index contributed by atoms with van der Waals surface area (Å²) >= 11 is 0. The van der Waals surface area contributed by atoms with Gasteiger partial charge in [-0.15, -0.1) is 5.73 Å². The molecule has 0 spiro atoms. The molecule has 1 aliphatic rings. The van der Waals surface area contributed by atoms with E-state index in [-0.39, 0.29) is 0 Å². The topological polar surface area (TPSA) is 26.0 Å². The first-order chi connectivity index (χ1) is 5.72. The molecule has 1 fully saturated rings. The van der Waals surface area contributed by atoms with E-state index in [1.54, 1.807) is 0 Å². The maximum absolute atomic E-state index is 5.83. The minimum absolute atomic E-state index is 0.467. The number of hydrogen-bond donors (Lipinski definition) is 1. The fraction of sp³-hybridized carbons (Fsp3) is 0.727. The van der Waals surface area contributed by atoms with Crippen LogP contribution in [0.3, 0.4) is 0 Å². The van der Waals surface area contributed by atoms with E-state index < -0.39 is 0 Å². The third kappa shape index (κ3) is 2.84. The Balaban J connectivity index is 2.31. The molecular weight excluding hydrogens is 146 g/mol. The molecule has 1 aliphatic carbocycles. The second kappa shape index (κ2) is 4.49. The van der Waals surface area contributed by atoms with Crippen molar-refractivity contribution in [2.75, 3.05) is 0 Å². The zero-order valence-corrected chi connectivity index (χ0v) is 7.97. The summed E-state index contributed by atoms with van der Waals surface area (Å²) in [7, 11) is 0. The zero-order chi connectivity index (χ0) is 8.97. The molecule has 0 aliphatic heterocycles. The van der Waals surface area contributed by atoms with E-state index in [0.29, 0.717) is 6.04 Å². The van der Waals surface area contributed by atoms with Gasteiger partial charge in [-0.1, -0.05) is 6.58 Å². The standard InChI is InChI=1S/C11H19N/c1-3-9(2)8-10-4-6-11(12)7-5-10/h10-11H,1,4-8,12H2,2H3. The van der Waals surface area contributed by atoms with Gasteiger partial charge in [0.2, 0.25) is 0 Å². The molecule has 0 unspecified atom stereocenters. The van der Waals surface area contributed by atoms with Crippen LogP contribution in [0, 0.1) is 5.92 Å². The molecular formula is C11H19N. The van der Waals surface area contributed by atoms with Crippen LogP contribution in [0.4, 0.5) is 0 Å². The molecule has 0 amide bonds. The highest BCUT2D eigenvalue weighted by molar-refractivity contribution is 4.96. The van der Waals surface area contributed by atoms with Crippen molar-refractivity contribution < 1.29 is 0 Å². The van der Waals surface area contributed by atoms with Gasteiger partial charge in [0.1, 0.15) is 0 Å². The molecule has 12 heavy (non-hydrogen) atoms. The lowest BCUT2D eigenvalue weighted by molar-refractivity contribution is 0.324. The van der Waals surface area contributed by atoms with Crippen molar-refractivity contribution in [1.29, 1.82) is 0 Å². The summed E-state index contributed by atoms with van der Waals surface area (Å²) in [5.41, 5.74) is 10.1. The van der Waals surface area contributed by atoms with Crippen LogP contribution in [0.1, 0.15) is 39.0 Å².